The molecule has 0 atom stereocenters. The molecule has 0 fully saturated rings. The minimum atomic E-state index is -5.46. The molecule has 28 heavy (non-hydrogen) atoms. The summed E-state index contributed by atoms with van der Waals surface area (Å²) in [6, 6.07) is 0. The van der Waals surface area contributed by atoms with Crippen molar-refractivity contribution in [3.05, 3.63) is 12.8 Å². The first kappa shape index (κ1) is 33.6. The van der Waals surface area contributed by atoms with Gasteiger partial charge < -0.3 is 24.7 Å². The average Bonchev–Trinajstić information content (AvgIpc) is 2.34. The van der Waals surface area contributed by atoms with Gasteiger partial charge in [-0.2, -0.15) is 52.7 Å². The van der Waals surface area contributed by atoms with E-state index in [0.29, 0.717) is 0 Å². The fraction of sp³-hybridized carbons (Fsp3) is 0.400. The summed E-state index contributed by atoms with van der Waals surface area (Å²) in [7, 11) is 0. The van der Waals surface area contributed by atoms with E-state index in [-0.39, 0.29) is 22.3 Å². The van der Waals surface area contributed by atoms with Gasteiger partial charge in [0.2, 0.25) is 0 Å². The Bertz CT molecular complexity index is 459. The number of Topliss-reactive ketones (excluding diaryl/α,β-unsaturated/α-hetero) is 4. The van der Waals surface area contributed by atoms with Gasteiger partial charge in [-0.25, -0.2) is 12.8 Å². The first-order valence-electron chi connectivity index (χ1n) is 5.24. The Labute approximate surface area is 155 Å². The number of hydrogen-bond acceptors (Lipinski definition) is 4. The van der Waals surface area contributed by atoms with Crippen LogP contribution in [0, 0.1) is 12.8 Å². The van der Waals surface area contributed by atoms with Crippen LogP contribution in [-0.2, 0) is 36.0 Å². The molecule has 0 aliphatic heterocycles. The molecule has 0 heterocycles. The summed E-state index contributed by atoms with van der Waals surface area (Å²) in [5.74, 6) is -11.3. The summed E-state index contributed by atoms with van der Waals surface area (Å²) in [6.45, 7) is 0. The number of carbonyl (C=O) groups is 4. The zero-order chi connectivity index (χ0) is 21.7. The van der Waals surface area contributed by atoms with Crippen LogP contribution < -0.4 is 0 Å². The Hall–Kier alpha value is -1.95. The maximum absolute atomic E-state index is 11.3. The number of carbonyl (C=O) groups excluding carboxylic acids is 4. The van der Waals surface area contributed by atoms with Crippen LogP contribution in [0.15, 0.2) is 0 Å². The molecule has 0 unspecified atom stereocenters. The van der Waals surface area contributed by atoms with Gasteiger partial charge in [0.15, 0.2) is 0 Å². The van der Waals surface area contributed by atoms with Gasteiger partial charge in [0, 0.05) is 0 Å². The molecule has 0 rings (SSSR count). The standard InChI is InChI=1S/2C5HF6O2.Co.H2O/c2*6-4(7,8)2(12)1-3(13)5(9,10)11;;/h2*1H;;1H2/q2*-1;+2;. The molecule has 0 bridgehead atoms. The maximum atomic E-state index is 11.3. The largest absolute Gasteiger partial charge is 2.00 e. The summed E-state index contributed by atoms with van der Waals surface area (Å²) < 4.78 is 136. The van der Waals surface area contributed by atoms with E-state index in [9.17, 15) is 71.9 Å². The molecule has 0 aromatic rings. The molecule has 5 nitrogen and oxygen atoms in total. The average molecular weight is 491 g/mol. The van der Waals surface area contributed by atoms with Gasteiger partial charge in [0.05, 0.1) is 0 Å². The van der Waals surface area contributed by atoms with Gasteiger partial charge in [-0.1, -0.05) is 0 Å². The third-order valence-electron chi connectivity index (χ3n) is 1.64. The molecular weight excluding hydrogens is 487 g/mol. The van der Waals surface area contributed by atoms with Gasteiger partial charge in [-0.05, 0) is 0 Å². The quantitative estimate of drug-likeness (QED) is 0.342. The van der Waals surface area contributed by atoms with Crippen molar-refractivity contribution in [2.24, 2.45) is 0 Å². The van der Waals surface area contributed by atoms with E-state index in [2.05, 4.69) is 0 Å². The van der Waals surface area contributed by atoms with E-state index < -0.39 is 60.7 Å². The Morgan fingerprint density at radius 3 is 0.607 bits per heavy atom. The van der Waals surface area contributed by atoms with Crippen molar-refractivity contribution >= 4 is 23.1 Å². The van der Waals surface area contributed by atoms with Crippen molar-refractivity contribution in [2.45, 2.75) is 24.7 Å². The topological polar surface area (TPSA) is 99.8 Å². The van der Waals surface area contributed by atoms with Crippen LogP contribution in [0.1, 0.15) is 0 Å². The molecule has 18 heteroatoms. The Morgan fingerprint density at radius 2 is 0.536 bits per heavy atom. The fourth-order valence-corrected chi connectivity index (χ4v) is 0.565. The summed E-state index contributed by atoms with van der Waals surface area (Å²) >= 11 is 0. The summed E-state index contributed by atoms with van der Waals surface area (Å²) in [5, 5.41) is 0. The van der Waals surface area contributed by atoms with Crippen molar-refractivity contribution in [3.63, 3.8) is 0 Å². The number of rotatable bonds is 4. The van der Waals surface area contributed by atoms with Gasteiger partial charge in [-0.3, -0.25) is 0 Å². The summed E-state index contributed by atoms with van der Waals surface area (Å²) in [5.41, 5.74) is 0. The first-order chi connectivity index (χ1) is 11.1. The second kappa shape index (κ2) is 11.1. The van der Waals surface area contributed by atoms with E-state index in [4.69, 9.17) is 0 Å². The van der Waals surface area contributed by atoms with Crippen LogP contribution in [-0.4, -0.2) is 53.3 Å². The van der Waals surface area contributed by atoms with E-state index in [1.807, 2.05) is 0 Å². The van der Waals surface area contributed by atoms with Crippen LogP contribution in [0.2, 0.25) is 0 Å². The molecule has 0 aromatic carbocycles. The van der Waals surface area contributed by atoms with Crippen molar-refractivity contribution in [1.82, 2.24) is 0 Å². The van der Waals surface area contributed by atoms with Gasteiger partial charge in [-0.15, -0.1) is 0 Å². The van der Waals surface area contributed by atoms with E-state index in [1.54, 1.807) is 0 Å². The molecule has 0 saturated carbocycles. The Kier molecular flexibility index (Phi) is 13.4. The van der Waals surface area contributed by atoms with Crippen LogP contribution in [0.5, 0.6) is 0 Å². The molecule has 0 spiro atoms. The van der Waals surface area contributed by atoms with Crippen LogP contribution in [0.25, 0.3) is 0 Å². The van der Waals surface area contributed by atoms with Gasteiger partial charge >= 0.3 is 41.5 Å². The molecule has 167 valence electrons. The third-order valence-corrected chi connectivity index (χ3v) is 1.64. The van der Waals surface area contributed by atoms with E-state index in [1.165, 1.54) is 0 Å². The predicted molar refractivity (Wildman–Crippen MR) is 56.5 cm³/mol. The van der Waals surface area contributed by atoms with Gasteiger partial charge in [0.25, 0.3) is 0 Å². The molecule has 0 saturated heterocycles. The van der Waals surface area contributed by atoms with Crippen LogP contribution in [0.4, 0.5) is 52.7 Å². The minimum absolute atomic E-state index is 0. The minimum Gasteiger partial charge on any atom is -0.412 e. The van der Waals surface area contributed by atoms with Crippen molar-refractivity contribution in [1.29, 1.82) is 0 Å². The SMILES string of the molecule is O.O=C([CH-]C(=O)C(F)(F)F)C(F)(F)F.O=C([CH-]C(=O)C(F)(F)F)C(F)(F)F.[Co+2]. The smallest absolute Gasteiger partial charge is 0.412 e. The summed E-state index contributed by atoms with van der Waals surface area (Å²) in [6.07, 6.45) is -23.9. The molecule has 2 N–H and O–H groups in total. The number of alkyl halides is 12. The maximum Gasteiger partial charge on any atom is 2.00 e. The van der Waals surface area contributed by atoms with E-state index in [0.717, 1.165) is 0 Å². The number of halogens is 12. The molecular formula is C10H4CoF12O5. The third kappa shape index (κ3) is 14.1. The van der Waals surface area contributed by atoms with Crippen LogP contribution >= 0.6 is 0 Å². The fourth-order valence-electron chi connectivity index (χ4n) is 0.565. The number of hydrogen-bond donors (Lipinski definition) is 0. The molecule has 0 amide bonds. The normalized spacial score (nSPS) is 11.6. The Balaban J connectivity index is -0.000000192. The molecule has 0 aliphatic rings. The summed E-state index contributed by atoms with van der Waals surface area (Å²) in [4.78, 5) is 39.3. The van der Waals surface area contributed by atoms with Crippen molar-refractivity contribution < 1.29 is 94.1 Å². The van der Waals surface area contributed by atoms with Crippen molar-refractivity contribution in [3.8, 4) is 0 Å². The van der Waals surface area contributed by atoms with Gasteiger partial charge in [0.1, 0.15) is 23.1 Å². The molecule has 0 aromatic heterocycles. The second-order valence-corrected chi connectivity index (χ2v) is 3.74. The first-order valence-corrected chi connectivity index (χ1v) is 5.24. The molecule has 1 radical (unpaired) electrons. The second-order valence-electron chi connectivity index (χ2n) is 3.74. The monoisotopic (exact) mass is 491 g/mol. The zero-order valence-electron chi connectivity index (χ0n) is 12.2. The van der Waals surface area contributed by atoms with E-state index >= 15 is 0 Å². The predicted octanol–water partition coefficient (Wildman–Crippen LogP) is 2.08. The zero-order valence-corrected chi connectivity index (χ0v) is 13.2. The number of ketones is 4. The Morgan fingerprint density at radius 1 is 0.429 bits per heavy atom. The van der Waals surface area contributed by atoms with Crippen LogP contribution in [0.3, 0.4) is 0 Å². The molecule has 0 aliphatic carbocycles. The van der Waals surface area contributed by atoms with Crippen molar-refractivity contribution in [2.75, 3.05) is 0 Å².